The van der Waals surface area contributed by atoms with Crippen molar-refractivity contribution in [2.45, 2.75) is 62.2 Å². The van der Waals surface area contributed by atoms with Crippen LogP contribution in [0.4, 0.5) is 57.1 Å². The van der Waals surface area contributed by atoms with Gasteiger partial charge in [0.2, 0.25) is 0 Å². The molecule has 0 heterocycles. The molecule has 0 aromatic carbocycles. The molecule has 0 saturated carbocycles. The molecule has 0 N–H and O–H groups in total. The molecule has 0 saturated heterocycles. The second-order valence-corrected chi connectivity index (χ2v) is 6.43. The van der Waals surface area contributed by atoms with E-state index in [0.29, 0.717) is 0 Å². The van der Waals surface area contributed by atoms with E-state index in [2.05, 4.69) is 16.1 Å². The van der Waals surface area contributed by atoms with Crippen LogP contribution in [0.1, 0.15) is 20.3 Å². The highest BCUT2D eigenvalue weighted by Gasteiger charge is 2.90. The number of esters is 2. The van der Waals surface area contributed by atoms with Crippen molar-refractivity contribution in [3.63, 3.8) is 0 Å². The quantitative estimate of drug-likeness (QED) is 0.247. The Labute approximate surface area is 170 Å². The van der Waals surface area contributed by atoms with Gasteiger partial charge in [-0.1, -0.05) is 6.58 Å². The number of hydrogen-bond acceptors (Lipinski definition) is 4. The summed E-state index contributed by atoms with van der Waals surface area (Å²) in [5, 5.41) is 0. The molecule has 0 aliphatic heterocycles. The molecule has 0 fully saturated rings. The first-order valence-electron chi connectivity index (χ1n) is 7.82. The molecule has 0 rings (SSSR count). The Morgan fingerprint density at radius 3 is 1.56 bits per heavy atom. The van der Waals surface area contributed by atoms with Crippen LogP contribution in [0.15, 0.2) is 12.2 Å². The molecule has 17 heteroatoms. The van der Waals surface area contributed by atoms with Gasteiger partial charge in [-0.25, -0.2) is 14.0 Å². The average molecular weight is 504 g/mol. The molecule has 0 aromatic rings. The summed E-state index contributed by atoms with van der Waals surface area (Å²) in [6.45, 7) is 1.89. The Balaban J connectivity index is 6.23. The summed E-state index contributed by atoms with van der Waals surface area (Å²) < 4.78 is 177. The number of alkyl halides is 13. The van der Waals surface area contributed by atoms with Crippen molar-refractivity contribution in [1.29, 1.82) is 0 Å². The zero-order valence-electron chi connectivity index (χ0n) is 15.7. The molecule has 1 atom stereocenters. The third kappa shape index (κ3) is 5.96. The van der Waals surface area contributed by atoms with E-state index in [-0.39, 0.29) is 6.92 Å². The van der Waals surface area contributed by atoms with Gasteiger partial charge in [-0.15, -0.1) is 0 Å². The van der Waals surface area contributed by atoms with Crippen molar-refractivity contribution in [3.05, 3.63) is 12.2 Å². The summed E-state index contributed by atoms with van der Waals surface area (Å²) in [4.78, 5) is 22.3. The molecule has 0 aromatic heterocycles. The predicted molar refractivity (Wildman–Crippen MR) is 76.7 cm³/mol. The monoisotopic (exact) mass is 504 g/mol. The summed E-state index contributed by atoms with van der Waals surface area (Å²) >= 11 is 0. The van der Waals surface area contributed by atoms with Crippen molar-refractivity contribution < 1.29 is 76.1 Å². The minimum absolute atomic E-state index is 0.196. The Kier molecular flexibility index (Phi) is 8.33. The topological polar surface area (TPSA) is 52.6 Å². The van der Waals surface area contributed by atoms with Crippen molar-refractivity contribution in [3.8, 4) is 0 Å². The standard InChI is InChI=1S/C15H13F13O4/c1-6(2)8(29)31-5-7(32-9(30)10(3,16)17)4-11(18,19)13(21,22)12(20,14(23,24)25)15(26,27)28/h7H,1,4-5H2,2-3H3. The number of rotatable bonds is 9. The van der Waals surface area contributed by atoms with Gasteiger partial charge in [-0.05, 0) is 6.92 Å². The molecule has 0 amide bonds. The Bertz CT molecular complexity index is 704. The molecular formula is C15H13F13O4. The van der Waals surface area contributed by atoms with E-state index in [1.54, 1.807) is 0 Å². The van der Waals surface area contributed by atoms with Crippen molar-refractivity contribution in [2.24, 2.45) is 0 Å². The van der Waals surface area contributed by atoms with Crippen LogP contribution in [0.5, 0.6) is 0 Å². The summed E-state index contributed by atoms with van der Waals surface area (Å²) in [7, 11) is 0. The van der Waals surface area contributed by atoms with Crippen LogP contribution in [-0.4, -0.2) is 60.4 Å². The van der Waals surface area contributed by atoms with Crippen molar-refractivity contribution in [1.82, 2.24) is 0 Å². The summed E-state index contributed by atoms with van der Waals surface area (Å²) in [6.07, 6.45) is -21.5. The van der Waals surface area contributed by atoms with Crippen LogP contribution < -0.4 is 0 Å². The van der Waals surface area contributed by atoms with E-state index in [0.717, 1.165) is 6.92 Å². The van der Waals surface area contributed by atoms with E-state index >= 15 is 0 Å². The Hall–Kier alpha value is -2.23. The maximum absolute atomic E-state index is 13.9. The van der Waals surface area contributed by atoms with Gasteiger partial charge in [0.25, 0.3) is 0 Å². The fourth-order valence-corrected chi connectivity index (χ4v) is 1.86. The molecule has 4 nitrogen and oxygen atoms in total. The number of carbonyl (C=O) groups excluding carboxylic acids is 2. The zero-order chi connectivity index (χ0) is 26.1. The van der Waals surface area contributed by atoms with E-state index in [1.807, 2.05) is 0 Å². The van der Waals surface area contributed by atoms with Gasteiger partial charge in [0, 0.05) is 12.5 Å². The molecule has 0 bridgehead atoms. The average Bonchev–Trinajstić information content (AvgIpc) is 2.54. The second-order valence-electron chi connectivity index (χ2n) is 6.43. The highest BCUT2D eigenvalue weighted by atomic mass is 19.4. The van der Waals surface area contributed by atoms with Gasteiger partial charge < -0.3 is 9.47 Å². The molecule has 0 spiro atoms. The number of halogens is 13. The number of carbonyl (C=O) groups is 2. The first-order chi connectivity index (χ1) is 13.8. The molecule has 1 unspecified atom stereocenters. The Morgan fingerprint density at radius 1 is 0.844 bits per heavy atom. The van der Waals surface area contributed by atoms with E-state index in [4.69, 9.17) is 0 Å². The fourth-order valence-electron chi connectivity index (χ4n) is 1.86. The summed E-state index contributed by atoms with van der Waals surface area (Å²) in [6, 6.07) is 0. The van der Waals surface area contributed by atoms with Crippen molar-refractivity contribution >= 4 is 11.9 Å². The highest BCUT2D eigenvalue weighted by Crippen LogP contribution is 2.60. The Morgan fingerprint density at radius 2 is 1.25 bits per heavy atom. The maximum Gasteiger partial charge on any atom is 0.438 e. The second kappa shape index (κ2) is 8.96. The van der Waals surface area contributed by atoms with Crippen LogP contribution >= 0.6 is 0 Å². The normalized spacial score (nSPS) is 15.2. The van der Waals surface area contributed by atoms with E-state index in [1.165, 1.54) is 0 Å². The highest BCUT2D eigenvalue weighted by molar-refractivity contribution is 5.86. The van der Waals surface area contributed by atoms with Gasteiger partial charge >= 0.3 is 47.7 Å². The molecule has 32 heavy (non-hydrogen) atoms. The molecular weight excluding hydrogens is 491 g/mol. The summed E-state index contributed by atoms with van der Waals surface area (Å²) in [5.74, 6) is -23.0. The molecule has 0 aliphatic carbocycles. The predicted octanol–water partition coefficient (Wildman–Crippen LogP) is 5.17. The van der Waals surface area contributed by atoms with Gasteiger partial charge in [-0.3, -0.25) is 0 Å². The first kappa shape index (κ1) is 29.8. The van der Waals surface area contributed by atoms with Crippen LogP contribution in [0.25, 0.3) is 0 Å². The van der Waals surface area contributed by atoms with Crippen molar-refractivity contribution in [2.75, 3.05) is 6.61 Å². The molecule has 0 aliphatic rings. The van der Waals surface area contributed by atoms with Gasteiger partial charge in [0.15, 0.2) is 0 Å². The largest absolute Gasteiger partial charge is 0.458 e. The van der Waals surface area contributed by atoms with E-state index < -0.39 is 72.4 Å². The van der Waals surface area contributed by atoms with Crippen LogP contribution in [0, 0.1) is 0 Å². The fraction of sp³-hybridized carbons (Fsp3) is 0.733. The third-order valence-electron chi connectivity index (χ3n) is 3.54. The smallest absolute Gasteiger partial charge is 0.438 e. The lowest BCUT2D eigenvalue weighted by Gasteiger charge is -2.40. The van der Waals surface area contributed by atoms with Crippen LogP contribution in [0.3, 0.4) is 0 Å². The number of hydrogen-bond donors (Lipinski definition) is 0. The maximum atomic E-state index is 13.9. The van der Waals surface area contributed by atoms with Crippen LogP contribution in [-0.2, 0) is 19.1 Å². The first-order valence-corrected chi connectivity index (χ1v) is 7.82. The lowest BCUT2D eigenvalue weighted by atomic mass is 9.88. The minimum atomic E-state index is -7.80. The van der Waals surface area contributed by atoms with Gasteiger partial charge in [-0.2, -0.15) is 52.7 Å². The third-order valence-corrected chi connectivity index (χ3v) is 3.54. The lowest BCUT2D eigenvalue weighted by Crippen LogP contribution is -2.70. The molecule has 0 radical (unpaired) electrons. The van der Waals surface area contributed by atoms with Gasteiger partial charge in [0.1, 0.15) is 12.7 Å². The summed E-state index contributed by atoms with van der Waals surface area (Å²) in [5.41, 5.74) is -8.31. The van der Waals surface area contributed by atoms with Crippen LogP contribution in [0.2, 0.25) is 0 Å². The SMILES string of the molecule is C=C(C)C(=O)OCC(CC(F)(F)C(F)(F)C(F)(C(F)(F)F)C(F)(F)F)OC(=O)C(C)(F)F. The zero-order valence-corrected chi connectivity index (χ0v) is 15.7. The molecule has 188 valence electrons. The van der Waals surface area contributed by atoms with Gasteiger partial charge in [0.05, 0.1) is 6.42 Å². The lowest BCUT2D eigenvalue weighted by molar-refractivity contribution is -0.428. The minimum Gasteiger partial charge on any atom is -0.458 e. The number of ether oxygens (including phenoxy) is 2. The van der Waals surface area contributed by atoms with E-state index in [9.17, 15) is 66.7 Å².